The second-order valence-corrected chi connectivity index (χ2v) is 8.41. The maximum absolute atomic E-state index is 13.4. The molecule has 0 bridgehead atoms. The van der Waals surface area contributed by atoms with E-state index in [0.717, 1.165) is 29.8 Å². The monoisotopic (exact) mass is 426 g/mol. The lowest BCUT2D eigenvalue weighted by atomic mass is 9.74. The third-order valence-electron chi connectivity index (χ3n) is 6.56. The van der Waals surface area contributed by atoms with E-state index in [4.69, 9.17) is 0 Å². The molecule has 3 aromatic rings. The van der Waals surface area contributed by atoms with Crippen LogP contribution in [0.3, 0.4) is 0 Å². The highest BCUT2D eigenvalue weighted by Crippen LogP contribution is 2.51. The van der Waals surface area contributed by atoms with Crippen molar-refractivity contribution in [2.24, 2.45) is 0 Å². The van der Waals surface area contributed by atoms with Gasteiger partial charge in [0.15, 0.2) is 0 Å². The van der Waals surface area contributed by atoms with E-state index in [1.807, 2.05) is 12.1 Å². The van der Waals surface area contributed by atoms with Crippen LogP contribution in [0, 0.1) is 5.82 Å². The van der Waals surface area contributed by atoms with Gasteiger partial charge in [-0.3, -0.25) is 5.32 Å². The van der Waals surface area contributed by atoms with Crippen molar-refractivity contribution in [2.45, 2.75) is 37.1 Å². The number of hydrogen-bond donors (Lipinski definition) is 1. The zero-order chi connectivity index (χ0) is 21.6. The number of benzene rings is 3. The molecule has 2 heterocycles. The summed E-state index contributed by atoms with van der Waals surface area (Å²) in [6.07, 6.45) is -2.76. The van der Waals surface area contributed by atoms with Crippen molar-refractivity contribution in [3.63, 3.8) is 0 Å². The van der Waals surface area contributed by atoms with Crippen LogP contribution >= 0.6 is 0 Å². The van der Waals surface area contributed by atoms with E-state index in [1.54, 1.807) is 24.3 Å². The van der Waals surface area contributed by atoms with Crippen LogP contribution in [-0.2, 0) is 24.6 Å². The standard InChI is InChI=1S/C25H22F4N2/c26-20-11-7-18(8-12-20)16-31-22-4-2-1-3-21(22)24(13-14-30-23(24)31)15-17-5-9-19(10-6-17)25(27,28)29/h1-12,23,30H,13-16H2. The van der Waals surface area contributed by atoms with E-state index in [0.29, 0.717) is 13.0 Å². The highest BCUT2D eigenvalue weighted by molar-refractivity contribution is 5.65. The van der Waals surface area contributed by atoms with Crippen LogP contribution in [0.1, 0.15) is 28.7 Å². The SMILES string of the molecule is Fc1ccc(CN2c3ccccc3C3(Cc4ccc(C(F)(F)F)cc4)CCNC23)cc1. The Balaban J connectivity index is 1.50. The fourth-order valence-electron chi connectivity index (χ4n) is 5.16. The molecule has 2 aliphatic rings. The van der Waals surface area contributed by atoms with Gasteiger partial charge in [0, 0.05) is 17.6 Å². The summed E-state index contributed by atoms with van der Waals surface area (Å²) in [6, 6.07) is 20.3. The largest absolute Gasteiger partial charge is 0.416 e. The first-order chi connectivity index (χ1) is 14.9. The molecule has 0 spiro atoms. The first kappa shape index (κ1) is 20.1. The van der Waals surface area contributed by atoms with Crippen LogP contribution in [-0.4, -0.2) is 12.7 Å². The minimum Gasteiger partial charge on any atom is -0.350 e. The number of anilines is 1. The molecule has 2 unspecified atom stereocenters. The Morgan fingerprint density at radius 3 is 2.29 bits per heavy atom. The van der Waals surface area contributed by atoms with Crippen molar-refractivity contribution >= 4 is 5.69 Å². The number of nitrogens with one attached hydrogen (secondary N) is 1. The Bertz CT molecular complexity index is 1080. The van der Waals surface area contributed by atoms with Gasteiger partial charge in [-0.2, -0.15) is 13.2 Å². The molecule has 3 aromatic carbocycles. The van der Waals surface area contributed by atoms with Crippen molar-refractivity contribution in [1.82, 2.24) is 5.32 Å². The minimum atomic E-state index is -4.33. The summed E-state index contributed by atoms with van der Waals surface area (Å²) in [5, 5.41) is 3.62. The number of fused-ring (bicyclic) bond motifs is 3. The van der Waals surface area contributed by atoms with Gasteiger partial charge in [0.25, 0.3) is 0 Å². The Morgan fingerprint density at radius 1 is 0.903 bits per heavy atom. The van der Waals surface area contributed by atoms with E-state index < -0.39 is 11.7 Å². The molecule has 1 fully saturated rings. The normalized spacial score (nSPS) is 22.5. The third-order valence-corrected chi connectivity index (χ3v) is 6.56. The molecular weight excluding hydrogens is 404 g/mol. The average Bonchev–Trinajstić information content (AvgIpc) is 3.26. The van der Waals surface area contributed by atoms with Gasteiger partial charge in [0.1, 0.15) is 5.82 Å². The molecule has 0 radical (unpaired) electrons. The third kappa shape index (κ3) is 3.49. The first-order valence-corrected chi connectivity index (χ1v) is 10.4. The van der Waals surface area contributed by atoms with Gasteiger partial charge < -0.3 is 4.90 Å². The molecule has 1 saturated heterocycles. The maximum Gasteiger partial charge on any atom is 0.416 e. The van der Waals surface area contributed by atoms with Crippen molar-refractivity contribution in [3.05, 3.63) is 101 Å². The summed E-state index contributed by atoms with van der Waals surface area (Å²) < 4.78 is 52.3. The van der Waals surface area contributed by atoms with Crippen molar-refractivity contribution in [2.75, 3.05) is 11.4 Å². The predicted molar refractivity (Wildman–Crippen MR) is 112 cm³/mol. The second-order valence-electron chi connectivity index (χ2n) is 8.41. The first-order valence-electron chi connectivity index (χ1n) is 10.4. The Labute approximate surface area is 178 Å². The molecular formula is C25H22F4N2. The lowest BCUT2D eigenvalue weighted by Crippen LogP contribution is -2.48. The number of rotatable bonds is 4. The summed E-state index contributed by atoms with van der Waals surface area (Å²) >= 11 is 0. The van der Waals surface area contributed by atoms with Crippen LogP contribution < -0.4 is 10.2 Å². The molecule has 0 aliphatic carbocycles. The molecule has 2 aliphatic heterocycles. The van der Waals surface area contributed by atoms with E-state index in [1.165, 1.54) is 29.8 Å². The number of nitrogens with zero attached hydrogens (tertiary/aromatic N) is 1. The quantitative estimate of drug-likeness (QED) is 0.541. The fraction of sp³-hybridized carbons (Fsp3) is 0.280. The summed E-state index contributed by atoms with van der Waals surface area (Å²) in [4.78, 5) is 2.31. The van der Waals surface area contributed by atoms with Crippen molar-refractivity contribution in [3.8, 4) is 0 Å². The van der Waals surface area contributed by atoms with Crippen molar-refractivity contribution < 1.29 is 17.6 Å². The van der Waals surface area contributed by atoms with Crippen LogP contribution in [0.15, 0.2) is 72.8 Å². The number of halogens is 4. The number of alkyl halides is 3. The number of para-hydroxylation sites is 1. The van der Waals surface area contributed by atoms with Gasteiger partial charge in [0.05, 0.1) is 11.7 Å². The molecule has 5 rings (SSSR count). The summed E-state index contributed by atoms with van der Waals surface area (Å²) in [5.74, 6) is -0.263. The smallest absolute Gasteiger partial charge is 0.350 e. The van der Waals surface area contributed by atoms with E-state index in [9.17, 15) is 17.6 Å². The molecule has 0 amide bonds. The zero-order valence-electron chi connectivity index (χ0n) is 16.8. The van der Waals surface area contributed by atoms with Crippen molar-refractivity contribution in [1.29, 1.82) is 0 Å². The van der Waals surface area contributed by atoms with Crippen LogP contribution in [0.25, 0.3) is 0 Å². The molecule has 6 heteroatoms. The maximum atomic E-state index is 13.4. The lowest BCUT2D eigenvalue weighted by Gasteiger charge is -2.34. The average molecular weight is 426 g/mol. The molecule has 0 aromatic heterocycles. The van der Waals surface area contributed by atoms with Crippen LogP contribution in [0.2, 0.25) is 0 Å². The molecule has 1 N–H and O–H groups in total. The van der Waals surface area contributed by atoms with Gasteiger partial charge in [-0.1, -0.05) is 42.5 Å². The lowest BCUT2D eigenvalue weighted by molar-refractivity contribution is -0.137. The van der Waals surface area contributed by atoms with E-state index in [2.05, 4.69) is 22.3 Å². The van der Waals surface area contributed by atoms with Gasteiger partial charge in [0.2, 0.25) is 0 Å². The van der Waals surface area contributed by atoms with Gasteiger partial charge in [-0.15, -0.1) is 0 Å². The number of hydrogen-bond acceptors (Lipinski definition) is 2. The molecule has 0 saturated carbocycles. The van der Waals surface area contributed by atoms with Gasteiger partial charge in [-0.05, 0) is 66.4 Å². The zero-order valence-corrected chi connectivity index (χ0v) is 16.8. The Morgan fingerprint density at radius 2 is 1.58 bits per heavy atom. The highest BCUT2D eigenvalue weighted by atomic mass is 19.4. The van der Waals surface area contributed by atoms with E-state index >= 15 is 0 Å². The second kappa shape index (κ2) is 7.38. The van der Waals surface area contributed by atoms with Gasteiger partial charge in [-0.25, -0.2) is 4.39 Å². The summed E-state index contributed by atoms with van der Waals surface area (Å²) in [7, 11) is 0. The molecule has 2 nitrogen and oxygen atoms in total. The summed E-state index contributed by atoms with van der Waals surface area (Å²) in [5.41, 5.74) is 3.38. The van der Waals surface area contributed by atoms with Gasteiger partial charge >= 0.3 is 6.18 Å². The van der Waals surface area contributed by atoms with Crippen LogP contribution in [0.5, 0.6) is 0 Å². The predicted octanol–water partition coefficient (Wildman–Crippen LogP) is 5.66. The van der Waals surface area contributed by atoms with Crippen LogP contribution in [0.4, 0.5) is 23.2 Å². The Kier molecular flexibility index (Phi) is 4.77. The topological polar surface area (TPSA) is 15.3 Å². The minimum absolute atomic E-state index is 0.0252. The molecule has 31 heavy (non-hydrogen) atoms. The fourth-order valence-corrected chi connectivity index (χ4v) is 5.16. The highest BCUT2D eigenvalue weighted by Gasteiger charge is 2.53. The summed E-state index contributed by atoms with van der Waals surface area (Å²) in [6.45, 7) is 1.46. The van der Waals surface area contributed by atoms with E-state index in [-0.39, 0.29) is 17.4 Å². The molecule has 2 atom stereocenters. The Hall–Kier alpha value is -2.86. The molecule has 160 valence electrons.